The summed E-state index contributed by atoms with van der Waals surface area (Å²) in [7, 11) is 3.11. The summed E-state index contributed by atoms with van der Waals surface area (Å²) < 4.78 is 12.4. The van der Waals surface area contributed by atoms with Gasteiger partial charge in [0.15, 0.2) is 11.5 Å². The van der Waals surface area contributed by atoms with E-state index in [0.29, 0.717) is 39.6 Å². The van der Waals surface area contributed by atoms with E-state index in [9.17, 15) is 9.59 Å². The van der Waals surface area contributed by atoms with Gasteiger partial charge >= 0.3 is 0 Å². The van der Waals surface area contributed by atoms with E-state index in [-0.39, 0.29) is 5.91 Å². The molecule has 8 nitrogen and oxygen atoms in total. The van der Waals surface area contributed by atoms with Crippen LogP contribution in [0.2, 0.25) is 0 Å². The Hall–Kier alpha value is -4.59. The van der Waals surface area contributed by atoms with Crippen molar-refractivity contribution in [2.75, 3.05) is 19.5 Å². The molecule has 3 N–H and O–H groups in total. The van der Waals surface area contributed by atoms with Crippen molar-refractivity contribution in [3.05, 3.63) is 90.1 Å². The number of aromatic nitrogens is 2. The number of benzene rings is 3. The average molecular weight is 442 g/mol. The standard InChI is InChI=1S/C25H22N4O4/c1-32-21-13-10-17(14-22(21)33-2)23-20(15-29(28-23)19-6-4-3-5-7-19)25(31)27-18-11-8-16(9-12-18)24(26)30/h3-15H,1-2H3,(H2,26,30)(H,27,31). The molecule has 0 aliphatic carbocycles. The van der Waals surface area contributed by atoms with Crippen LogP contribution >= 0.6 is 0 Å². The molecule has 4 rings (SSSR count). The zero-order chi connectivity index (χ0) is 23.4. The number of primary amides is 1. The normalized spacial score (nSPS) is 10.5. The molecule has 0 fully saturated rings. The fourth-order valence-corrected chi connectivity index (χ4v) is 3.37. The first-order valence-corrected chi connectivity index (χ1v) is 10.1. The Morgan fingerprint density at radius 1 is 0.909 bits per heavy atom. The van der Waals surface area contributed by atoms with E-state index in [1.54, 1.807) is 61.5 Å². The lowest BCUT2D eigenvalue weighted by Gasteiger charge is -2.10. The van der Waals surface area contributed by atoms with Crippen LogP contribution in [0.15, 0.2) is 79.0 Å². The molecule has 2 amide bonds. The van der Waals surface area contributed by atoms with Crippen LogP contribution in [0, 0.1) is 0 Å². The first-order chi connectivity index (χ1) is 16.0. The summed E-state index contributed by atoms with van der Waals surface area (Å²) in [4.78, 5) is 24.5. The maximum Gasteiger partial charge on any atom is 0.259 e. The van der Waals surface area contributed by atoms with Crippen molar-refractivity contribution in [3.8, 4) is 28.4 Å². The lowest BCUT2D eigenvalue weighted by molar-refractivity contribution is 0.0998. The lowest BCUT2D eigenvalue weighted by Crippen LogP contribution is -2.13. The second-order valence-electron chi connectivity index (χ2n) is 7.14. The summed E-state index contributed by atoms with van der Waals surface area (Å²) in [5.74, 6) is 0.212. The molecule has 0 unspecified atom stereocenters. The predicted molar refractivity (Wildman–Crippen MR) is 125 cm³/mol. The molecule has 0 saturated carbocycles. The minimum Gasteiger partial charge on any atom is -0.493 e. The Morgan fingerprint density at radius 3 is 2.24 bits per heavy atom. The number of rotatable bonds is 7. The molecule has 3 aromatic carbocycles. The summed E-state index contributed by atoms with van der Waals surface area (Å²) >= 11 is 0. The van der Waals surface area contributed by atoms with E-state index >= 15 is 0 Å². The Balaban J connectivity index is 1.75. The fourth-order valence-electron chi connectivity index (χ4n) is 3.37. The van der Waals surface area contributed by atoms with E-state index < -0.39 is 5.91 Å². The molecule has 0 bridgehead atoms. The molecule has 0 spiro atoms. The fraction of sp³-hybridized carbons (Fsp3) is 0.0800. The van der Waals surface area contributed by atoms with Crippen LogP contribution in [0.1, 0.15) is 20.7 Å². The van der Waals surface area contributed by atoms with Crippen LogP contribution in [-0.4, -0.2) is 35.8 Å². The highest BCUT2D eigenvalue weighted by molar-refractivity contribution is 6.08. The molecule has 8 heteroatoms. The summed E-state index contributed by atoms with van der Waals surface area (Å²) in [5, 5.41) is 7.53. The molecule has 0 aliphatic heterocycles. The third-order valence-corrected chi connectivity index (χ3v) is 5.06. The van der Waals surface area contributed by atoms with Crippen LogP contribution in [0.4, 0.5) is 5.69 Å². The van der Waals surface area contributed by atoms with Gasteiger partial charge in [0, 0.05) is 23.0 Å². The van der Waals surface area contributed by atoms with Crippen molar-refractivity contribution >= 4 is 17.5 Å². The molecule has 166 valence electrons. The Morgan fingerprint density at radius 2 is 1.61 bits per heavy atom. The van der Waals surface area contributed by atoms with Gasteiger partial charge in [-0.3, -0.25) is 9.59 Å². The Kier molecular flexibility index (Phi) is 6.08. The Bertz CT molecular complexity index is 1300. The zero-order valence-corrected chi connectivity index (χ0v) is 18.1. The number of para-hydroxylation sites is 1. The van der Waals surface area contributed by atoms with E-state index in [0.717, 1.165) is 5.69 Å². The number of nitrogens with zero attached hydrogens (tertiary/aromatic N) is 2. The molecule has 0 atom stereocenters. The Labute approximate surface area is 190 Å². The largest absolute Gasteiger partial charge is 0.493 e. The van der Waals surface area contributed by atoms with Crippen LogP contribution in [0.3, 0.4) is 0 Å². The van der Waals surface area contributed by atoms with Gasteiger partial charge in [0.25, 0.3) is 5.91 Å². The molecule has 0 saturated heterocycles. The van der Waals surface area contributed by atoms with E-state index in [1.807, 2.05) is 36.4 Å². The zero-order valence-electron chi connectivity index (χ0n) is 18.1. The molecule has 1 heterocycles. The average Bonchev–Trinajstić information content (AvgIpc) is 3.30. The van der Waals surface area contributed by atoms with Crippen LogP contribution in [0.25, 0.3) is 16.9 Å². The van der Waals surface area contributed by atoms with Crippen molar-refractivity contribution < 1.29 is 19.1 Å². The monoisotopic (exact) mass is 442 g/mol. The van der Waals surface area contributed by atoms with Gasteiger partial charge in [0.1, 0.15) is 5.69 Å². The van der Waals surface area contributed by atoms with Crippen LogP contribution in [-0.2, 0) is 0 Å². The van der Waals surface area contributed by atoms with Crippen molar-refractivity contribution in [2.45, 2.75) is 0 Å². The van der Waals surface area contributed by atoms with Crippen molar-refractivity contribution in [3.63, 3.8) is 0 Å². The highest BCUT2D eigenvalue weighted by Gasteiger charge is 2.20. The second kappa shape index (κ2) is 9.27. The third-order valence-electron chi connectivity index (χ3n) is 5.06. The quantitative estimate of drug-likeness (QED) is 0.451. The molecular formula is C25H22N4O4. The first kappa shape index (κ1) is 21.6. The number of hydrogen-bond donors (Lipinski definition) is 2. The van der Waals surface area contributed by atoms with Crippen LogP contribution in [0.5, 0.6) is 11.5 Å². The SMILES string of the molecule is COc1ccc(-c2nn(-c3ccccc3)cc2C(=O)Nc2ccc(C(N)=O)cc2)cc1OC. The van der Waals surface area contributed by atoms with Gasteiger partial charge in [-0.15, -0.1) is 0 Å². The molecule has 33 heavy (non-hydrogen) atoms. The highest BCUT2D eigenvalue weighted by Crippen LogP contribution is 2.33. The molecule has 4 aromatic rings. The number of carbonyl (C=O) groups is 2. The maximum absolute atomic E-state index is 13.2. The number of ether oxygens (including phenoxy) is 2. The van der Waals surface area contributed by atoms with E-state index in [4.69, 9.17) is 15.2 Å². The molecular weight excluding hydrogens is 420 g/mol. The summed E-state index contributed by atoms with van der Waals surface area (Å²) in [6.07, 6.45) is 1.68. The molecule has 1 aromatic heterocycles. The van der Waals surface area contributed by atoms with Gasteiger partial charge in [-0.25, -0.2) is 4.68 Å². The highest BCUT2D eigenvalue weighted by atomic mass is 16.5. The lowest BCUT2D eigenvalue weighted by atomic mass is 10.1. The van der Waals surface area contributed by atoms with E-state index in [2.05, 4.69) is 10.4 Å². The first-order valence-electron chi connectivity index (χ1n) is 10.1. The molecule has 0 aliphatic rings. The van der Waals surface area contributed by atoms with Gasteiger partial charge in [-0.2, -0.15) is 5.10 Å². The number of carbonyl (C=O) groups excluding carboxylic acids is 2. The topological polar surface area (TPSA) is 108 Å². The minimum atomic E-state index is -0.534. The van der Waals surface area contributed by atoms with Crippen molar-refractivity contribution in [1.82, 2.24) is 9.78 Å². The maximum atomic E-state index is 13.2. The van der Waals surface area contributed by atoms with Gasteiger partial charge in [0.05, 0.1) is 25.5 Å². The van der Waals surface area contributed by atoms with Crippen molar-refractivity contribution in [1.29, 1.82) is 0 Å². The molecule has 0 radical (unpaired) electrons. The number of nitrogens with two attached hydrogens (primary N) is 1. The number of hydrogen-bond acceptors (Lipinski definition) is 5. The number of anilines is 1. The number of methoxy groups -OCH3 is 2. The van der Waals surface area contributed by atoms with Gasteiger partial charge in [-0.05, 0) is 54.6 Å². The number of amides is 2. The summed E-state index contributed by atoms with van der Waals surface area (Å²) in [6, 6.07) is 21.2. The summed E-state index contributed by atoms with van der Waals surface area (Å²) in [6.45, 7) is 0. The smallest absolute Gasteiger partial charge is 0.259 e. The van der Waals surface area contributed by atoms with Crippen molar-refractivity contribution in [2.24, 2.45) is 5.73 Å². The second-order valence-corrected chi connectivity index (χ2v) is 7.14. The van der Waals surface area contributed by atoms with Crippen LogP contribution < -0.4 is 20.5 Å². The predicted octanol–water partition coefficient (Wildman–Crippen LogP) is 3.91. The minimum absolute atomic E-state index is 0.353. The number of nitrogens with one attached hydrogen (secondary N) is 1. The van der Waals surface area contributed by atoms with E-state index in [1.165, 1.54) is 0 Å². The summed E-state index contributed by atoms with van der Waals surface area (Å²) in [5.41, 5.74) is 8.51. The van der Waals surface area contributed by atoms with Gasteiger partial charge in [-0.1, -0.05) is 18.2 Å². The van der Waals surface area contributed by atoms with Gasteiger partial charge in [0.2, 0.25) is 5.91 Å². The van der Waals surface area contributed by atoms with Gasteiger partial charge < -0.3 is 20.5 Å². The third kappa shape index (κ3) is 4.54.